The maximum atomic E-state index is 6.27. The largest absolute Gasteiger partial charge is 0.384 e. The Bertz CT molecular complexity index is 734. The Balaban J connectivity index is 1.97. The van der Waals surface area contributed by atoms with E-state index in [9.17, 15) is 0 Å². The number of nitrogens with two attached hydrogens (primary N) is 1. The zero-order chi connectivity index (χ0) is 13.9. The van der Waals surface area contributed by atoms with Crippen molar-refractivity contribution in [2.45, 2.75) is 6.54 Å². The number of nitrogens with zero attached hydrogens (tertiary/aromatic N) is 2. The van der Waals surface area contributed by atoms with Gasteiger partial charge in [0.15, 0.2) is 0 Å². The molecule has 100 valence electrons. The molecule has 0 radical (unpaired) electrons. The van der Waals surface area contributed by atoms with Gasteiger partial charge in [-0.05, 0) is 30.3 Å². The van der Waals surface area contributed by atoms with E-state index in [1.165, 1.54) is 0 Å². The summed E-state index contributed by atoms with van der Waals surface area (Å²) in [5.41, 5.74) is 8.73. The van der Waals surface area contributed by atoms with E-state index in [2.05, 4.69) is 9.55 Å². The number of anilines is 1. The molecule has 3 aromatic rings. The van der Waals surface area contributed by atoms with Gasteiger partial charge < -0.3 is 10.3 Å². The van der Waals surface area contributed by atoms with Crippen molar-refractivity contribution in [3.8, 4) is 11.3 Å². The molecule has 2 aromatic heterocycles. The predicted molar refractivity (Wildman–Crippen MR) is 82.6 cm³/mol. The third-order valence-corrected chi connectivity index (χ3v) is 3.47. The molecule has 2 heterocycles. The first-order valence-electron chi connectivity index (χ1n) is 6.35. The van der Waals surface area contributed by atoms with Crippen LogP contribution >= 0.6 is 11.6 Å². The number of hydrogen-bond donors (Lipinski definition) is 1. The summed E-state index contributed by atoms with van der Waals surface area (Å²) in [6.07, 6.45) is 2.02. The molecule has 0 aliphatic carbocycles. The normalized spacial score (nSPS) is 10.7. The van der Waals surface area contributed by atoms with Crippen LogP contribution in [0, 0.1) is 0 Å². The van der Waals surface area contributed by atoms with Crippen LogP contribution < -0.4 is 5.73 Å². The zero-order valence-corrected chi connectivity index (χ0v) is 11.6. The number of hydrogen-bond acceptors (Lipinski definition) is 2. The second kappa shape index (κ2) is 5.39. The van der Waals surface area contributed by atoms with Crippen LogP contribution in [0.4, 0.5) is 5.82 Å². The molecule has 0 saturated carbocycles. The van der Waals surface area contributed by atoms with Crippen molar-refractivity contribution >= 4 is 17.4 Å². The molecule has 1 aromatic carbocycles. The molecule has 0 aliphatic heterocycles. The molecule has 0 unspecified atom stereocenters. The van der Waals surface area contributed by atoms with Gasteiger partial charge in [-0.3, -0.25) is 0 Å². The van der Waals surface area contributed by atoms with Crippen LogP contribution in [0.5, 0.6) is 0 Å². The van der Waals surface area contributed by atoms with Gasteiger partial charge in [0.1, 0.15) is 5.82 Å². The minimum absolute atomic E-state index is 0.536. The van der Waals surface area contributed by atoms with Crippen LogP contribution in [-0.4, -0.2) is 9.55 Å². The first-order chi connectivity index (χ1) is 9.74. The van der Waals surface area contributed by atoms with Gasteiger partial charge in [-0.2, -0.15) is 0 Å². The van der Waals surface area contributed by atoms with Crippen molar-refractivity contribution in [3.63, 3.8) is 0 Å². The quantitative estimate of drug-likeness (QED) is 0.794. The number of rotatable bonds is 3. The predicted octanol–water partition coefficient (Wildman–Crippen LogP) is 3.83. The van der Waals surface area contributed by atoms with Crippen LogP contribution in [0.15, 0.2) is 60.8 Å². The Morgan fingerprint density at radius 2 is 1.85 bits per heavy atom. The standard InChI is InChI=1S/C16H14ClN3/c17-14-7-2-1-6-13(14)15-8-4-10-20(15)11-12-5-3-9-16(18)19-12/h1-10H,11H2,(H2,18,19). The molecule has 0 bridgehead atoms. The lowest BCUT2D eigenvalue weighted by Gasteiger charge is -2.10. The molecule has 2 N–H and O–H groups in total. The number of halogens is 1. The van der Waals surface area contributed by atoms with Gasteiger partial charge in [0.05, 0.1) is 12.2 Å². The summed E-state index contributed by atoms with van der Waals surface area (Å²) < 4.78 is 2.11. The van der Waals surface area contributed by atoms with Crippen molar-refractivity contribution in [2.75, 3.05) is 5.73 Å². The summed E-state index contributed by atoms with van der Waals surface area (Å²) in [6.45, 7) is 0.665. The van der Waals surface area contributed by atoms with Crippen LogP contribution in [0.1, 0.15) is 5.69 Å². The van der Waals surface area contributed by atoms with E-state index in [1.807, 2.05) is 54.7 Å². The van der Waals surface area contributed by atoms with Crippen LogP contribution in [-0.2, 0) is 6.54 Å². The van der Waals surface area contributed by atoms with Gasteiger partial charge in [-0.25, -0.2) is 4.98 Å². The van der Waals surface area contributed by atoms with E-state index >= 15 is 0 Å². The van der Waals surface area contributed by atoms with Crippen LogP contribution in [0.2, 0.25) is 5.02 Å². The summed E-state index contributed by atoms with van der Waals surface area (Å²) >= 11 is 6.27. The lowest BCUT2D eigenvalue weighted by atomic mass is 10.1. The topological polar surface area (TPSA) is 43.8 Å². The van der Waals surface area contributed by atoms with Gasteiger partial charge in [0.2, 0.25) is 0 Å². The Labute approximate surface area is 122 Å². The fourth-order valence-electron chi connectivity index (χ4n) is 2.23. The van der Waals surface area contributed by atoms with E-state index in [1.54, 1.807) is 6.07 Å². The van der Waals surface area contributed by atoms with Crippen molar-refractivity contribution in [1.82, 2.24) is 9.55 Å². The number of aromatic nitrogens is 2. The molecule has 0 saturated heterocycles. The maximum absolute atomic E-state index is 6.27. The molecule has 0 fully saturated rings. The van der Waals surface area contributed by atoms with Gasteiger partial charge in [-0.15, -0.1) is 0 Å². The van der Waals surface area contributed by atoms with E-state index in [0.29, 0.717) is 12.4 Å². The molecule has 0 spiro atoms. The average molecular weight is 284 g/mol. The number of nitrogen functional groups attached to an aromatic ring is 1. The minimum Gasteiger partial charge on any atom is -0.384 e. The average Bonchev–Trinajstić information content (AvgIpc) is 2.87. The van der Waals surface area contributed by atoms with E-state index in [4.69, 9.17) is 17.3 Å². The van der Waals surface area contributed by atoms with Gasteiger partial charge >= 0.3 is 0 Å². The second-order valence-corrected chi connectivity index (χ2v) is 4.96. The Morgan fingerprint density at radius 3 is 2.65 bits per heavy atom. The molecule has 0 aliphatic rings. The molecule has 20 heavy (non-hydrogen) atoms. The molecular weight excluding hydrogens is 270 g/mol. The number of pyridine rings is 1. The van der Waals surface area contributed by atoms with Crippen LogP contribution in [0.3, 0.4) is 0 Å². The molecule has 3 nitrogen and oxygen atoms in total. The second-order valence-electron chi connectivity index (χ2n) is 4.55. The van der Waals surface area contributed by atoms with Crippen molar-refractivity contribution in [3.05, 3.63) is 71.5 Å². The van der Waals surface area contributed by atoms with E-state index < -0.39 is 0 Å². The Hall–Kier alpha value is -2.26. The smallest absolute Gasteiger partial charge is 0.123 e. The van der Waals surface area contributed by atoms with Crippen molar-refractivity contribution in [2.24, 2.45) is 0 Å². The summed E-state index contributed by atoms with van der Waals surface area (Å²) in [6, 6.07) is 17.5. The fraction of sp³-hybridized carbons (Fsp3) is 0.0625. The zero-order valence-electron chi connectivity index (χ0n) is 10.8. The van der Waals surface area contributed by atoms with Crippen molar-refractivity contribution < 1.29 is 0 Å². The third-order valence-electron chi connectivity index (χ3n) is 3.14. The lowest BCUT2D eigenvalue weighted by Crippen LogP contribution is -2.03. The first kappa shape index (κ1) is 12.8. The Kier molecular flexibility index (Phi) is 3.44. The maximum Gasteiger partial charge on any atom is 0.123 e. The van der Waals surface area contributed by atoms with E-state index in [-0.39, 0.29) is 0 Å². The van der Waals surface area contributed by atoms with Gasteiger partial charge in [-0.1, -0.05) is 35.9 Å². The monoisotopic (exact) mass is 283 g/mol. The summed E-state index contributed by atoms with van der Waals surface area (Å²) in [5.74, 6) is 0.536. The van der Waals surface area contributed by atoms with Gasteiger partial charge in [0.25, 0.3) is 0 Å². The molecule has 0 atom stereocenters. The highest BCUT2D eigenvalue weighted by molar-refractivity contribution is 6.33. The molecule has 3 rings (SSSR count). The summed E-state index contributed by atoms with van der Waals surface area (Å²) in [4.78, 5) is 4.33. The van der Waals surface area contributed by atoms with E-state index in [0.717, 1.165) is 22.0 Å². The van der Waals surface area contributed by atoms with Crippen molar-refractivity contribution in [1.29, 1.82) is 0 Å². The highest BCUT2D eigenvalue weighted by Crippen LogP contribution is 2.28. The lowest BCUT2D eigenvalue weighted by molar-refractivity contribution is 0.789. The summed E-state index contributed by atoms with van der Waals surface area (Å²) in [5, 5.41) is 0.744. The first-order valence-corrected chi connectivity index (χ1v) is 6.73. The minimum atomic E-state index is 0.536. The van der Waals surface area contributed by atoms with Gasteiger partial charge in [0, 0.05) is 22.5 Å². The SMILES string of the molecule is Nc1cccc(Cn2cccc2-c2ccccc2Cl)n1. The summed E-state index contributed by atoms with van der Waals surface area (Å²) in [7, 11) is 0. The molecule has 0 amide bonds. The highest BCUT2D eigenvalue weighted by atomic mass is 35.5. The van der Waals surface area contributed by atoms with Crippen LogP contribution in [0.25, 0.3) is 11.3 Å². The Morgan fingerprint density at radius 1 is 1.00 bits per heavy atom. The number of benzene rings is 1. The molecule has 4 heteroatoms. The molecular formula is C16H14ClN3. The highest BCUT2D eigenvalue weighted by Gasteiger charge is 2.08. The fourth-order valence-corrected chi connectivity index (χ4v) is 2.46. The third kappa shape index (κ3) is 2.53.